The highest BCUT2D eigenvalue weighted by Gasteiger charge is 2.15. The van der Waals surface area contributed by atoms with Gasteiger partial charge in [0, 0.05) is 18.8 Å². The van der Waals surface area contributed by atoms with Crippen molar-refractivity contribution in [3.8, 4) is 0 Å². The van der Waals surface area contributed by atoms with Gasteiger partial charge in [0.25, 0.3) is 0 Å². The summed E-state index contributed by atoms with van der Waals surface area (Å²) in [6.45, 7) is 4.54. The maximum absolute atomic E-state index is 4.60. The van der Waals surface area contributed by atoms with Crippen molar-refractivity contribution in [1.29, 1.82) is 0 Å². The van der Waals surface area contributed by atoms with Crippen LogP contribution in [0.3, 0.4) is 0 Å². The molecule has 2 rings (SSSR count). The summed E-state index contributed by atoms with van der Waals surface area (Å²) in [7, 11) is 0. The Balaban J connectivity index is 1.83. The van der Waals surface area contributed by atoms with E-state index in [1.807, 2.05) is 11.8 Å². The normalized spacial score (nSPS) is 29.8. The van der Waals surface area contributed by atoms with Crippen LogP contribution in [-0.2, 0) is 0 Å². The van der Waals surface area contributed by atoms with Crippen LogP contribution in [0.15, 0.2) is 4.99 Å². The zero-order chi connectivity index (χ0) is 9.80. The van der Waals surface area contributed by atoms with E-state index in [2.05, 4.69) is 22.4 Å². The third-order valence-corrected chi connectivity index (χ3v) is 3.63. The van der Waals surface area contributed by atoms with E-state index in [-0.39, 0.29) is 0 Å². The van der Waals surface area contributed by atoms with E-state index in [1.54, 1.807) is 0 Å². The first kappa shape index (κ1) is 10.3. The average Bonchev–Trinajstić information content (AvgIpc) is 2.19. The Kier molecular flexibility index (Phi) is 3.70. The van der Waals surface area contributed by atoms with Crippen molar-refractivity contribution in [3.63, 3.8) is 0 Å². The van der Waals surface area contributed by atoms with Gasteiger partial charge in [-0.3, -0.25) is 10.4 Å². The third-order valence-electron chi connectivity index (χ3n) is 2.72. The number of amidine groups is 1. The van der Waals surface area contributed by atoms with Crippen molar-refractivity contribution >= 4 is 16.9 Å². The lowest BCUT2D eigenvalue weighted by Gasteiger charge is -2.29. The molecule has 0 aromatic rings. The number of aliphatic imine (C=N–C) groups is 1. The molecule has 2 heterocycles. The quantitative estimate of drug-likeness (QED) is 0.720. The molecule has 2 aliphatic rings. The van der Waals surface area contributed by atoms with E-state index in [0.717, 1.165) is 5.17 Å². The van der Waals surface area contributed by atoms with Crippen LogP contribution in [0.4, 0.5) is 0 Å². The largest absolute Gasteiger partial charge is 0.298 e. The Labute approximate surface area is 90.3 Å². The monoisotopic (exact) mass is 213 g/mol. The van der Waals surface area contributed by atoms with Crippen molar-refractivity contribution < 1.29 is 0 Å². The van der Waals surface area contributed by atoms with Gasteiger partial charge in [0.2, 0.25) is 0 Å². The Morgan fingerprint density at radius 2 is 2.14 bits per heavy atom. The average molecular weight is 213 g/mol. The molecule has 0 aromatic heterocycles. The second-order valence-corrected chi connectivity index (χ2v) is 5.16. The lowest BCUT2D eigenvalue weighted by atomic mass is 10.2. The highest BCUT2D eigenvalue weighted by molar-refractivity contribution is 8.13. The van der Waals surface area contributed by atoms with Gasteiger partial charge < -0.3 is 0 Å². The highest BCUT2D eigenvalue weighted by Crippen LogP contribution is 2.16. The van der Waals surface area contributed by atoms with Crippen LogP contribution >= 0.6 is 11.8 Å². The molecule has 1 unspecified atom stereocenters. The van der Waals surface area contributed by atoms with Gasteiger partial charge in [-0.1, -0.05) is 18.2 Å². The van der Waals surface area contributed by atoms with E-state index in [9.17, 15) is 0 Å². The number of hydrazine groups is 1. The molecule has 0 amide bonds. The van der Waals surface area contributed by atoms with Crippen LogP contribution < -0.4 is 5.43 Å². The lowest BCUT2D eigenvalue weighted by Crippen LogP contribution is -2.45. The molecule has 0 aliphatic carbocycles. The predicted octanol–water partition coefficient (Wildman–Crippen LogP) is 1.86. The second-order valence-electron chi connectivity index (χ2n) is 4.08. The summed E-state index contributed by atoms with van der Waals surface area (Å²) in [5.41, 5.74) is 3.43. The molecule has 0 bridgehead atoms. The molecule has 3 nitrogen and oxygen atoms in total. The lowest BCUT2D eigenvalue weighted by molar-refractivity contribution is 0.196. The molecule has 4 heteroatoms. The van der Waals surface area contributed by atoms with Crippen LogP contribution in [-0.4, -0.2) is 35.1 Å². The van der Waals surface area contributed by atoms with E-state index in [4.69, 9.17) is 0 Å². The van der Waals surface area contributed by atoms with E-state index in [0.29, 0.717) is 6.04 Å². The fourth-order valence-corrected chi connectivity index (χ4v) is 2.93. The third kappa shape index (κ3) is 2.89. The number of thioether (sulfide) groups is 1. The fraction of sp³-hybridized carbons (Fsp3) is 0.900. The van der Waals surface area contributed by atoms with Gasteiger partial charge >= 0.3 is 0 Å². The maximum atomic E-state index is 4.60. The molecule has 0 radical (unpaired) electrons. The summed E-state index contributed by atoms with van der Waals surface area (Å²) >= 11 is 1.86. The standard InChI is InChI=1S/C10H19N3S/c1-9-5-8-14-10(11-9)12-13-6-3-2-4-7-13/h9H,2-8H2,1H3,(H,11,12). The zero-order valence-electron chi connectivity index (χ0n) is 8.83. The van der Waals surface area contributed by atoms with Crippen molar-refractivity contribution in [1.82, 2.24) is 10.4 Å². The minimum atomic E-state index is 0.503. The first-order valence-corrected chi connectivity index (χ1v) is 6.55. The number of nitrogens with zero attached hydrogens (tertiary/aromatic N) is 2. The smallest absolute Gasteiger partial charge is 0.171 e. The van der Waals surface area contributed by atoms with Crippen LogP contribution in [0.1, 0.15) is 32.6 Å². The van der Waals surface area contributed by atoms with Crippen LogP contribution in [0.2, 0.25) is 0 Å². The summed E-state index contributed by atoms with van der Waals surface area (Å²) in [5, 5.41) is 3.44. The van der Waals surface area contributed by atoms with Crippen LogP contribution in [0.5, 0.6) is 0 Å². The van der Waals surface area contributed by atoms with Gasteiger partial charge in [-0.05, 0) is 26.2 Å². The minimum Gasteiger partial charge on any atom is -0.298 e. The van der Waals surface area contributed by atoms with Gasteiger partial charge in [0.15, 0.2) is 5.17 Å². The van der Waals surface area contributed by atoms with Gasteiger partial charge in [0.05, 0.1) is 6.04 Å². The van der Waals surface area contributed by atoms with Crippen molar-refractivity contribution in [3.05, 3.63) is 0 Å². The van der Waals surface area contributed by atoms with Gasteiger partial charge in [-0.15, -0.1) is 0 Å². The van der Waals surface area contributed by atoms with Gasteiger partial charge in [0.1, 0.15) is 0 Å². The number of nitrogens with one attached hydrogen (secondary N) is 1. The van der Waals surface area contributed by atoms with Crippen molar-refractivity contribution in [2.24, 2.45) is 4.99 Å². The number of piperidine rings is 1. The molecule has 14 heavy (non-hydrogen) atoms. The molecule has 80 valence electrons. The Morgan fingerprint density at radius 1 is 1.36 bits per heavy atom. The molecule has 1 atom stereocenters. The number of hydrogen-bond acceptors (Lipinski definition) is 4. The number of hydrogen-bond donors (Lipinski definition) is 1. The van der Waals surface area contributed by atoms with Gasteiger partial charge in [-0.25, -0.2) is 5.01 Å². The second kappa shape index (κ2) is 5.03. The Morgan fingerprint density at radius 3 is 2.86 bits per heavy atom. The molecule has 0 spiro atoms. The Hall–Kier alpha value is -0.220. The first-order chi connectivity index (χ1) is 6.84. The minimum absolute atomic E-state index is 0.503. The van der Waals surface area contributed by atoms with Crippen LogP contribution in [0.25, 0.3) is 0 Å². The fourth-order valence-electron chi connectivity index (χ4n) is 1.83. The van der Waals surface area contributed by atoms with E-state index < -0.39 is 0 Å². The summed E-state index contributed by atoms with van der Waals surface area (Å²) < 4.78 is 0. The van der Waals surface area contributed by atoms with Crippen LogP contribution in [0, 0.1) is 0 Å². The van der Waals surface area contributed by atoms with E-state index in [1.165, 1.54) is 44.5 Å². The molecule has 0 aromatic carbocycles. The summed E-state index contributed by atoms with van der Waals surface area (Å²) in [4.78, 5) is 4.60. The predicted molar refractivity (Wildman–Crippen MR) is 62.5 cm³/mol. The summed E-state index contributed by atoms with van der Waals surface area (Å²) in [6, 6.07) is 0.503. The first-order valence-electron chi connectivity index (χ1n) is 5.57. The van der Waals surface area contributed by atoms with Crippen molar-refractivity contribution in [2.45, 2.75) is 38.6 Å². The van der Waals surface area contributed by atoms with Gasteiger partial charge in [-0.2, -0.15) is 0 Å². The maximum Gasteiger partial charge on any atom is 0.171 e. The molecule has 1 N–H and O–H groups in total. The summed E-state index contributed by atoms with van der Waals surface area (Å²) in [6.07, 6.45) is 5.24. The molecule has 0 saturated carbocycles. The topological polar surface area (TPSA) is 27.6 Å². The summed E-state index contributed by atoms with van der Waals surface area (Å²) in [5.74, 6) is 1.21. The zero-order valence-corrected chi connectivity index (χ0v) is 9.65. The van der Waals surface area contributed by atoms with E-state index >= 15 is 0 Å². The SMILES string of the molecule is CC1CCSC(NN2CCCCC2)=N1. The molecular weight excluding hydrogens is 194 g/mol. The number of rotatable bonds is 1. The molecule has 1 saturated heterocycles. The highest BCUT2D eigenvalue weighted by atomic mass is 32.2. The molecular formula is C10H19N3S. The van der Waals surface area contributed by atoms with Crippen molar-refractivity contribution in [2.75, 3.05) is 18.8 Å². The Bertz CT molecular complexity index is 211. The molecule has 1 fully saturated rings. The molecule has 2 aliphatic heterocycles.